The topological polar surface area (TPSA) is 72.3 Å². The van der Waals surface area contributed by atoms with Gasteiger partial charge in [0.1, 0.15) is 0 Å². The monoisotopic (exact) mass is 343 g/mol. The van der Waals surface area contributed by atoms with E-state index < -0.39 is 0 Å². The summed E-state index contributed by atoms with van der Waals surface area (Å²) >= 11 is 0. The molecule has 1 saturated heterocycles. The molecule has 1 fully saturated rings. The molecule has 1 aliphatic heterocycles. The predicted octanol–water partition coefficient (Wildman–Crippen LogP) is 2.19. The number of rotatable bonds is 5. The Morgan fingerprint density at radius 2 is 2.20 bits per heavy atom. The van der Waals surface area contributed by atoms with Crippen molar-refractivity contribution in [3.05, 3.63) is 36.3 Å². The molecule has 2 aromatic heterocycles. The summed E-state index contributed by atoms with van der Waals surface area (Å²) < 4.78 is 6.84. The fraction of sp³-hybridized carbons (Fsp3) is 0.500. The van der Waals surface area contributed by atoms with Gasteiger partial charge in [-0.1, -0.05) is 0 Å². The first-order chi connectivity index (χ1) is 12.2. The Labute approximate surface area is 148 Å². The molecule has 3 heterocycles. The van der Waals surface area contributed by atoms with Crippen molar-refractivity contribution in [1.29, 1.82) is 0 Å². The van der Waals surface area contributed by atoms with Crippen LogP contribution in [-0.2, 0) is 18.3 Å². The van der Waals surface area contributed by atoms with Gasteiger partial charge in [0.15, 0.2) is 0 Å². The highest BCUT2D eigenvalue weighted by atomic mass is 16.5. The molecule has 25 heavy (non-hydrogen) atoms. The Bertz CT molecular complexity index is 701. The zero-order chi connectivity index (χ0) is 17.6. The molecule has 0 bridgehead atoms. The van der Waals surface area contributed by atoms with Crippen molar-refractivity contribution in [2.24, 2.45) is 7.05 Å². The van der Waals surface area contributed by atoms with Crippen molar-refractivity contribution in [2.75, 3.05) is 19.7 Å². The number of pyridine rings is 1. The summed E-state index contributed by atoms with van der Waals surface area (Å²) in [5.41, 5.74) is 3.25. The minimum Gasteiger partial charge on any atom is -0.450 e. The van der Waals surface area contributed by atoms with Crippen molar-refractivity contribution < 1.29 is 9.53 Å². The first-order valence-electron chi connectivity index (χ1n) is 8.74. The molecule has 0 saturated carbocycles. The smallest absolute Gasteiger partial charge is 0.407 e. The fourth-order valence-electron chi connectivity index (χ4n) is 3.30. The van der Waals surface area contributed by atoms with Gasteiger partial charge < -0.3 is 10.1 Å². The van der Waals surface area contributed by atoms with Crippen molar-refractivity contribution in [1.82, 2.24) is 25.0 Å². The first kappa shape index (κ1) is 17.4. The van der Waals surface area contributed by atoms with Gasteiger partial charge in [0.2, 0.25) is 0 Å². The standard InChI is InChI=1S/C18H25N5O2/c1-3-25-18(24)20-16-5-4-10-23(13-16)12-15-11-22(2)21-17(15)14-6-8-19-9-7-14/h6-9,11,16H,3-5,10,12-13H2,1-2H3,(H,20,24)/t16-/m0/s1. The molecular weight excluding hydrogens is 318 g/mol. The van der Waals surface area contributed by atoms with Crippen LogP contribution in [0.5, 0.6) is 0 Å². The summed E-state index contributed by atoms with van der Waals surface area (Å²) in [6.07, 6.45) is 7.36. The average molecular weight is 343 g/mol. The van der Waals surface area contributed by atoms with Gasteiger partial charge in [-0.05, 0) is 38.4 Å². The van der Waals surface area contributed by atoms with E-state index in [1.165, 1.54) is 5.56 Å². The van der Waals surface area contributed by atoms with E-state index in [-0.39, 0.29) is 12.1 Å². The predicted molar refractivity (Wildman–Crippen MR) is 94.9 cm³/mol. The van der Waals surface area contributed by atoms with Crippen molar-refractivity contribution in [3.8, 4) is 11.3 Å². The number of nitrogens with zero attached hydrogens (tertiary/aromatic N) is 4. The summed E-state index contributed by atoms with van der Waals surface area (Å²) in [5.74, 6) is 0. The Hall–Kier alpha value is -2.41. The van der Waals surface area contributed by atoms with Crippen LogP contribution < -0.4 is 5.32 Å². The number of carbonyl (C=O) groups excluding carboxylic acids is 1. The van der Waals surface area contributed by atoms with E-state index in [0.29, 0.717) is 6.61 Å². The molecule has 7 heteroatoms. The second kappa shape index (κ2) is 8.11. The third-order valence-corrected chi connectivity index (χ3v) is 4.36. The van der Waals surface area contributed by atoms with Crippen molar-refractivity contribution in [2.45, 2.75) is 32.4 Å². The summed E-state index contributed by atoms with van der Waals surface area (Å²) in [6.45, 7) is 4.87. The lowest BCUT2D eigenvalue weighted by atomic mass is 10.0. The SMILES string of the molecule is CCOC(=O)N[C@H]1CCCN(Cc2cn(C)nc2-c2ccncc2)C1. The molecule has 1 amide bonds. The Kier molecular flexibility index (Phi) is 5.65. The summed E-state index contributed by atoms with van der Waals surface area (Å²) in [4.78, 5) is 18.1. The maximum absolute atomic E-state index is 11.6. The zero-order valence-corrected chi connectivity index (χ0v) is 14.8. The molecular formula is C18H25N5O2. The number of piperidine rings is 1. The molecule has 1 atom stereocenters. The lowest BCUT2D eigenvalue weighted by Gasteiger charge is -2.32. The third-order valence-electron chi connectivity index (χ3n) is 4.36. The van der Waals surface area contributed by atoms with Gasteiger partial charge in [-0.2, -0.15) is 5.10 Å². The van der Waals surface area contributed by atoms with Crippen LogP contribution in [0.4, 0.5) is 4.79 Å². The Morgan fingerprint density at radius 3 is 2.96 bits per heavy atom. The van der Waals surface area contributed by atoms with Crippen LogP contribution in [0.3, 0.4) is 0 Å². The van der Waals surface area contributed by atoms with Gasteiger partial charge in [-0.15, -0.1) is 0 Å². The number of amides is 1. The molecule has 0 aromatic carbocycles. The Balaban J connectivity index is 1.67. The summed E-state index contributed by atoms with van der Waals surface area (Å²) in [5, 5.41) is 7.57. The van der Waals surface area contributed by atoms with Crippen LogP contribution in [0.2, 0.25) is 0 Å². The third kappa shape index (κ3) is 4.57. The van der Waals surface area contributed by atoms with E-state index in [4.69, 9.17) is 4.74 Å². The molecule has 0 aliphatic carbocycles. The molecule has 0 spiro atoms. The lowest BCUT2D eigenvalue weighted by Crippen LogP contribution is -2.47. The molecule has 1 N–H and O–H groups in total. The number of hydrogen-bond donors (Lipinski definition) is 1. The summed E-state index contributed by atoms with van der Waals surface area (Å²) in [7, 11) is 1.94. The van der Waals surface area contributed by atoms with Gasteiger partial charge in [0.05, 0.1) is 12.3 Å². The number of likely N-dealkylation sites (tertiary alicyclic amines) is 1. The van der Waals surface area contributed by atoms with Gasteiger partial charge >= 0.3 is 6.09 Å². The van der Waals surface area contributed by atoms with Gasteiger partial charge in [0.25, 0.3) is 0 Å². The molecule has 134 valence electrons. The highest BCUT2D eigenvalue weighted by molar-refractivity contribution is 5.67. The van der Waals surface area contributed by atoms with Crippen LogP contribution in [0, 0.1) is 0 Å². The molecule has 3 rings (SSSR count). The summed E-state index contributed by atoms with van der Waals surface area (Å²) in [6, 6.07) is 4.09. The molecule has 1 aliphatic rings. The first-order valence-corrected chi connectivity index (χ1v) is 8.74. The van der Waals surface area contributed by atoms with Crippen molar-refractivity contribution >= 4 is 6.09 Å². The molecule has 0 unspecified atom stereocenters. The second-order valence-electron chi connectivity index (χ2n) is 6.35. The van der Waals surface area contributed by atoms with E-state index in [1.807, 2.05) is 30.8 Å². The van der Waals surface area contributed by atoms with E-state index in [2.05, 4.69) is 26.5 Å². The average Bonchev–Trinajstić information content (AvgIpc) is 2.96. The number of aryl methyl sites for hydroxylation is 1. The van der Waals surface area contributed by atoms with Crippen molar-refractivity contribution in [3.63, 3.8) is 0 Å². The van der Waals surface area contributed by atoms with E-state index in [9.17, 15) is 4.79 Å². The molecule has 0 radical (unpaired) electrons. The lowest BCUT2D eigenvalue weighted by molar-refractivity contribution is 0.132. The van der Waals surface area contributed by atoms with E-state index in [0.717, 1.165) is 43.7 Å². The number of aromatic nitrogens is 3. The van der Waals surface area contributed by atoms with E-state index in [1.54, 1.807) is 12.4 Å². The van der Waals surface area contributed by atoms with E-state index >= 15 is 0 Å². The highest BCUT2D eigenvalue weighted by Crippen LogP contribution is 2.23. The molecule has 2 aromatic rings. The Morgan fingerprint density at radius 1 is 1.40 bits per heavy atom. The largest absolute Gasteiger partial charge is 0.450 e. The number of ether oxygens (including phenoxy) is 1. The number of carbonyl (C=O) groups is 1. The number of hydrogen-bond acceptors (Lipinski definition) is 5. The zero-order valence-electron chi connectivity index (χ0n) is 14.8. The van der Waals surface area contributed by atoms with Gasteiger partial charge in [-0.3, -0.25) is 14.6 Å². The minimum absolute atomic E-state index is 0.133. The van der Waals surface area contributed by atoms with Crippen LogP contribution in [0.15, 0.2) is 30.7 Å². The van der Waals surface area contributed by atoms with Crippen LogP contribution in [0.25, 0.3) is 11.3 Å². The van der Waals surface area contributed by atoms with Crippen LogP contribution in [-0.4, -0.2) is 51.5 Å². The fourth-order valence-corrected chi connectivity index (χ4v) is 3.30. The maximum Gasteiger partial charge on any atom is 0.407 e. The van der Waals surface area contributed by atoms with Crippen LogP contribution in [0.1, 0.15) is 25.3 Å². The number of alkyl carbamates (subject to hydrolysis) is 1. The van der Waals surface area contributed by atoms with Crippen LogP contribution >= 0.6 is 0 Å². The van der Waals surface area contributed by atoms with Gasteiger partial charge in [0, 0.05) is 55.9 Å². The molecule has 7 nitrogen and oxygen atoms in total. The second-order valence-corrected chi connectivity index (χ2v) is 6.35. The van der Waals surface area contributed by atoms with Gasteiger partial charge in [-0.25, -0.2) is 4.79 Å². The highest BCUT2D eigenvalue weighted by Gasteiger charge is 2.23. The number of nitrogens with one attached hydrogen (secondary N) is 1. The quantitative estimate of drug-likeness (QED) is 0.901. The normalized spacial score (nSPS) is 18.1. The minimum atomic E-state index is -0.326. The maximum atomic E-state index is 11.6.